The molecule has 35 heteroatoms. The molecule has 0 aliphatic carbocycles. The molecule has 3 heterocycles. The predicted molar refractivity (Wildman–Crippen MR) is 381 cm³/mol. The monoisotopic (exact) mass is 1540 g/mol. The molecule has 0 bridgehead atoms. The van der Waals surface area contributed by atoms with Crippen LogP contribution in [0.4, 0.5) is 0 Å². The molecule has 0 aromatic heterocycles. The zero-order valence-electron chi connectivity index (χ0n) is 65.1. The molecule has 0 saturated carbocycles. The molecule has 108 heavy (non-hydrogen) atoms. The first-order valence-electron chi connectivity index (χ1n) is 37.6. The topological polar surface area (TPSA) is 457 Å². The van der Waals surface area contributed by atoms with E-state index < -0.39 is 146 Å². The lowest BCUT2D eigenvalue weighted by Crippen LogP contribution is -2.62. The first-order valence-corrected chi connectivity index (χ1v) is 37.6. The summed E-state index contributed by atoms with van der Waals surface area (Å²) in [5.74, 6) is -7.30. The molecule has 0 radical (unpaired) electrons. The van der Waals surface area contributed by atoms with Crippen molar-refractivity contribution in [1.82, 2.24) is 36.4 Å². The summed E-state index contributed by atoms with van der Waals surface area (Å²) in [6.07, 6.45) is -4.08. The molecular formula is C73H121N7O28. The van der Waals surface area contributed by atoms with Gasteiger partial charge in [-0.25, -0.2) is 0 Å². The van der Waals surface area contributed by atoms with E-state index in [-0.39, 0.29) is 159 Å². The van der Waals surface area contributed by atoms with Crippen LogP contribution in [-0.4, -0.2) is 268 Å². The molecule has 16 atom stereocenters. The van der Waals surface area contributed by atoms with E-state index in [4.69, 9.17) is 61.9 Å². The standard InChI is InChI=1S/C73H121N7O28/c1-44-65(76-47(4)82)71(106-58(41-100-50(7)85)68(44)103-53(10)88)97-36-20-16-26-56(91)25-15-19-32-79(64(96)30-18-22-38-99-73-67(78-49(6)84)46(3)70(105-55(12)90)60(108-73)43-102-52(9)87)34-24-35-80(63(95)29-14-13-27-62(94)75-39-57(92)40-81)33-23-31-74-61(93)28-17-21-37-98-72-66(77-48(5)83)45(2)69(104-54(11)89)59(107-72)42-101-51(8)86/h44-46,57-60,65-73,81,92H,13-43H2,1-12H3,(H,74,93)(H,75,94)(H,76,82)(H,77,83)(H,78,84)/t44-,45-,46-,57?,58?,59?,60?,65?,66?,67?,68-,69-,70-,71-,72-,73-/m1/s1. The number of Topliss-reactive ketones (excluding diaryl/α,β-unsaturated/α-hetero) is 1. The number of esters is 6. The Labute approximate surface area is 632 Å². The molecule has 0 aromatic carbocycles. The summed E-state index contributed by atoms with van der Waals surface area (Å²) < 4.78 is 69.0. The maximum atomic E-state index is 14.3. The minimum absolute atomic E-state index is 0.0169. The first-order chi connectivity index (χ1) is 51.2. The van der Waals surface area contributed by atoms with Gasteiger partial charge < -0.3 is 103 Å². The summed E-state index contributed by atoms with van der Waals surface area (Å²) in [6, 6.07) is -2.25. The number of rotatable bonds is 51. The number of ether oxygens (including phenoxy) is 12. The van der Waals surface area contributed by atoms with Crippen molar-refractivity contribution in [3.63, 3.8) is 0 Å². The van der Waals surface area contributed by atoms with Crippen LogP contribution in [0.1, 0.15) is 199 Å². The van der Waals surface area contributed by atoms with Gasteiger partial charge in [0, 0.05) is 178 Å². The van der Waals surface area contributed by atoms with Crippen LogP contribution < -0.4 is 26.6 Å². The lowest BCUT2D eigenvalue weighted by molar-refractivity contribution is -0.262. The average Bonchev–Trinajstić information content (AvgIpc) is 0.810. The molecule has 7 unspecified atom stereocenters. The van der Waals surface area contributed by atoms with Crippen LogP contribution in [0.3, 0.4) is 0 Å². The second kappa shape index (κ2) is 51.8. The van der Waals surface area contributed by atoms with E-state index in [2.05, 4.69) is 26.6 Å². The number of hydrogen-bond acceptors (Lipinski definition) is 28. The highest BCUT2D eigenvalue weighted by atomic mass is 16.7. The van der Waals surface area contributed by atoms with Crippen molar-refractivity contribution in [3.05, 3.63) is 0 Å². The maximum Gasteiger partial charge on any atom is 0.303 e. The fourth-order valence-corrected chi connectivity index (χ4v) is 12.8. The molecule has 616 valence electrons. The summed E-state index contributed by atoms with van der Waals surface area (Å²) in [6.45, 7) is 16.7. The van der Waals surface area contributed by atoms with E-state index in [9.17, 15) is 72.2 Å². The lowest BCUT2D eigenvalue weighted by atomic mass is 9.88. The fourth-order valence-electron chi connectivity index (χ4n) is 12.8. The van der Waals surface area contributed by atoms with Gasteiger partial charge in [-0.1, -0.05) is 20.8 Å². The summed E-state index contributed by atoms with van der Waals surface area (Å²) in [4.78, 5) is 179. The van der Waals surface area contributed by atoms with E-state index in [0.29, 0.717) is 77.0 Å². The number of aliphatic hydroxyl groups excluding tert-OH is 2. The van der Waals surface area contributed by atoms with Crippen LogP contribution in [0.2, 0.25) is 0 Å². The first kappa shape index (κ1) is 94.7. The van der Waals surface area contributed by atoms with Crippen molar-refractivity contribution < 1.29 is 134 Å². The quantitative estimate of drug-likeness (QED) is 0.0260. The van der Waals surface area contributed by atoms with Gasteiger partial charge in [-0.2, -0.15) is 0 Å². The smallest absolute Gasteiger partial charge is 0.303 e. The summed E-state index contributed by atoms with van der Waals surface area (Å²) >= 11 is 0. The molecule has 3 saturated heterocycles. The molecule has 7 amide bonds. The maximum absolute atomic E-state index is 14.3. The van der Waals surface area contributed by atoms with Gasteiger partial charge in [0.2, 0.25) is 41.4 Å². The Balaban J connectivity index is 1.72. The van der Waals surface area contributed by atoms with Crippen LogP contribution in [0.5, 0.6) is 0 Å². The largest absolute Gasteiger partial charge is 0.463 e. The Kier molecular flexibility index (Phi) is 45.4. The Hall–Kier alpha value is -7.54. The normalized spacial score (nSPS) is 24.1. The number of nitrogens with one attached hydrogen (secondary N) is 5. The molecule has 3 fully saturated rings. The zero-order valence-corrected chi connectivity index (χ0v) is 65.1. The number of aliphatic hydroxyl groups is 2. The zero-order chi connectivity index (χ0) is 80.4. The molecule has 35 nitrogen and oxygen atoms in total. The molecule has 3 aliphatic heterocycles. The summed E-state index contributed by atoms with van der Waals surface area (Å²) in [7, 11) is 0. The van der Waals surface area contributed by atoms with Crippen molar-refractivity contribution in [2.24, 2.45) is 17.8 Å². The molecule has 3 aliphatic rings. The van der Waals surface area contributed by atoms with Gasteiger partial charge in [-0.3, -0.25) is 67.1 Å². The van der Waals surface area contributed by atoms with Crippen molar-refractivity contribution in [3.8, 4) is 0 Å². The number of carbonyl (C=O) groups excluding carboxylic acids is 14. The minimum Gasteiger partial charge on any atom is -0.463 e. The number of hydrogen-bond donors (Lipinski definition) is 7. The number of ketones is 1. The average molecular weight is 1540 g/mol. The van der Waals surface area contributed by atoms with Gasteiger partial charge >= 0.3 is 35.8 Å². The van der Waals surface area contributed by atoms with Crippen LogP contribution >= 0.6 is 0 Å². The molecule has 7 N–H and O–H groups in total. The number of unbranched alkanes of at least 4 members (excludes halogenated alkanes) is 5. The summed E-state index contributed by atoms with van der Waals surface area (Å²) in [5, 5.41) is 32.7. The highest BCUT2D eigenvalue weighted by molar-refractivity contribution is 5.79. The summed E-state index contributed by atoms with van der Waals surface area (Å²) in [5.41, 5.74) is 0. The third-order valence-corrected chi connectivity index (χ3v) is 18.2. The number of nitrogens with zero attached hydrogens (tertiary/aromatic N) is 2. The highest BCUT2D eigenvalue weighted by Gasteiger charge is 2.50. The highest BCUT2D eigenvalue weighted by Crippen LogP contribution is 2.33. The van der Waals surface area contributed by atoms with Gasteiger partial charge in [-0.15, -0.1) is 0 Å². The second-order valence-electron chi connectivity index (χ2n) is 27.7. The van der Waals surface area contributed by atoms with E-state index in [1.165, 1.54) is 62.3 Å². The van der Waals surface area contributed by atoms with Crippen molar-refractivity contribution in [1.29, 1.82) is 0 Å². The van der Waals surface area contributed by atoms with E-state index in [1.807, 2.05) is 0 Å². The number of carbonyl (C=O) groups is 14. The van der Waals surface area contributed by atoms with Gasteiger partial charge in [-0.05, 0) is 77.0 Å². The van der Waals surface area contributed by atoms with E-state index >= 15 is 0 Å². The van der Waals surface area contributed by atoms with Crippen molar-refractivity contribution in [2.75, 3.05) is 85.5 Å². The Morgan fingerprint density at radius 3 is 1.06 bits per heavy atom. The van der Waals surface area contributed by atoms with Gasteiger partial charge in [0.05, 0.1) is 30.8 Å². The van der Waals surface area contributed by atoms with Crippen LogP contribution in [0.15, 0.2) is 0 Å². The van der Waals surface area contributed by atoms with Crippen LogP contribution in [0, 0.1) is 17.8 Å². The SMILES string of the molecule is CC(=O)NC1[C@H](OCCCCC(=O)CCCCN(CCCN(CCCNC(=O)CCCCO[C@@H]2OC(COC(C)=O)[C@H](OC(C)=O)[C@H](C)C2NC(C)=O)C(=O)CCCCC(=O)NCC(O)CO)C(=O)CCCCO[C@@H]2OC(COC(C)=O)[C@H](OC(C)=O)[C@H](C)C2NC(C)=O)OC(COC(C)=O)[C@H](OC(C)=O)[C@@H]1C. The molecule has 3 rings (SSSR count). The Bertz CT molecular complexity index is 2870. The molecule has 0 aromatic rings. The van der Waals surface area contributed by atoms with E-state index in [1.54, 1.807) is 30.6 Å². The minimum atomic E-state index is -1.12. The second-order valence-corrected chi connectivity index (χ2v) is 27.7. The fraction of sp³-hybridized carbons (Fsp3) is 0.808. The van der Waals surface area contributed by atoms with Crippen LogP contribution in [0.25, 0.3) is 0 Å². The predicted octanol–water partition coefficient (Wildman–Crippen LogP) is 1.95. The lowest BCUT2D eigenvalue weighted by Gasteiger charge is -2.44. The Morgan fingerprint density at radius 2 is 0.704 bits per heavy atom. The molecule has 0 spiro atoms. The third kappa shape index (κ3) is 37.7. The van der Waals surface area contributed by atoms with Gasteiger partial charge in [0.15, 0.2) is 18.9 Å². The van der Waals surface area contributed by atoms with Crippen molar-refractivity contribution >= 4 is 82.9 Å². The molecular weight excluding hydrogens is 1420 g/mol. The van der Waals surface area contributed by atoms with Gasteiger partial charge in [0.1, 0.15) is 62.2 Å². The van der Waals surface area contributed by atoms with Gasteiger partial charge in [0.25, 0.3) is 0 Å². The Morgan fingerprint density at radius 1 is 0.389 bits per heavy atom. The van der Waals surface area contributed by atoms with E-state index in [0.717, 1.165) is 0 Å². The third-order valence-electron chi connectivity index (χ3n) is 18.2. The number of amides is 7. The van der Waals surface area contributed by atoms with Crippen LogP contribution in [-0.2, 0) is 124 Å². The van der Waals surface area contributed by atoms with Crippen molar-refractivity contribution in [2.45, 2.75) is 278 Å².